The average Bonchev–Trinajstić information content (AvgIpc) is 2.97. The van der Waals surface area contributed by atoms with Crippen molar-refractivity contribution in [3.8, 4) is 11.3 Å². The molecule has 0 fully saturated rings. The number of pyridine rings is 1. The van der Waals surface area contributed by atoms with Crippen LogP contribution in [0.2, 0.25) is 5.02 Å². The van der Waals surface area contributed by atoms with Gasteiger partial charge in [-0.3, -0.25) is 9.72 Å². The van der Waals surface area contributed by atoms with Crippen LogP contribution in [0.15, 0.2) is 42.7 Å². The molecular weight excluding hydrogens is 334 g/mol. The second-order valence-corrected chi connectivity index (χ2v) is 5.31. The van der Waals surface area contributed by atoms with Gasteiger partial charge in [-0.1, -0.05) is 23.7 Å². The molecule has 1 aromatic carbocycles. The number of halogens is 1. The van der Waals surface area contributed by atoms with E-state index in [2.05, 4.69) is 15.0 Å². The third-order valence-electron chi connectivity index (χ3n) is 3.44. The summed E-state index contributed by atoms with van der Waals surface area (Å²) in [5.74, 6) is -1.11. The molecule has 0 saturated heterocycles. The number of hydrogen-bond donors (Lipinski definition) is 2. The Morgan fingerprint density at radius 2 is 2.00 bits per heavy atom. The summed E-state index contributed by atoms with van der Waals surface area (Å²) >= 11 is 5.95. The summed E-state index contributed by atoms with van der Waals surface area (Å²) in [6, 6.07) is 8.48. The number of aromatic carboxylic acids is 1. The number of imidazole rings is 1. The summed E-state index contributed by atoms with van der Waals surface area (Å²) in [5.41, 5.74) is 2.61. The zero-order valence-electron chi connectivity index (χ0n) is 12.5. The Labute approximate surface area is 141 Å². The van der Waals surface area contributed by atoms with Crippen molar-refractivity contribution in [1.82, 2.24) is 9.38 Å². The first-order valence-corrected chi connectivity index (χ1v) is 7.22. The molecule has 3 rings (SSSR count). The number of fused-ring (bicyclic) bond motifs is 1. The number of ether oxygens (including phenoxy) is 1. The van der Waals surface area contributed by atoms with Gasteiger partial charge >= 0.3 is 12.1 Å². The summed E-state index contributed by atoms with van der Waals surface area (Å²) in [5, 5.41) is 11.9. The first kappa shape index (κ1) is 15.8. The van der Waals surface area contributed by atoms with Crippen LogP contribution < -0.4 is 5.32 Å². The minimum Gasteiger partial charge on any atom is -0.478 e. The van der Waals surface area contributed by atoms with E-state index in [4.69, 9.17) is 11.6 Å². The van der Waals surface area contributed by atoms with Gasteiger partial charge in [0.2, 0.25) is 0 Å². The van der Waals surface area contributed by atoms with Gasteiger partial charge in [0.25, 0.3) is 0 Å². The number of anilines is 1. The summed E-state index contributed by atoms with van der Waals surface area (Å²) in [6.45, 7) is 0. The SMILES string of the molecule is COC(=O)Nc1ccc(-c2cnc3cc(Cl)c(C(=O)O)cn23)cc1. The molecule has 3 aromatic rings. The van der Waals surface area contributed by atoms with Gasteiger partial charge in [-0.25, -0.2) is 14.6 Å². The van der Waals surface area contributed by atoms with Gasteiger partial charge in [0.15, 0.2) is 0 Å². The molecule has 24 heavy (non-hydrogen) atoms. The van der Waals surface area contributed by atoms with Gasteiger partial charge in [0, 0.05) is 23.5 Å². The van der Waals surface area contributed by atoms with Crippen LogP contribution in [-0.4, -0.2) is 33.7 Å². The van der Waals surface area contributed by atoms with Gasteiger partial charge in [-0.2, -0.15) is 0 Å². The van der Waals surface area contributed by atoms with Gasteiger partial charge in [0.05, 0.1) is 29.6 Å². The molecule has 0 aliphatic heterocycles. The van der Waals surface area contributed by atoms with Crippen LogP contribution in [0.4, 0.5) is 10.5 Å². The van der Waals surface area contributed by atoms with Gasteiger partial charge in [0.1, 0.15) is 5.65 Å². The Morgan fingerprint density at radius 3 is 2.62 bits per heavy atom. The van der Waals surface area contributed by atoms with E-state index in [-0.39, 0.29) is 10.6 Å². The third kappa shape index (κ3) is 2.89. The molecule has 0 spiro atoms. The van der Waals surface area contributed by atoms with E-state index in [1.807, 2.05) is 0 Å². The van der Waals surface area contributed by atoms with Crippen molar-refractivity contribution in [3.05, 3.63) is 53.3 Å². The predicted molar refractivity (Wildman–Crippen MR) is 88.6 cm³/mol. The van der Waals surface area contributed by atoms with Crippen LogP contribution in [0.25, 0.3) is 16.9 Å². The topological polar surface area (TPSA) is 92.9 Å². The smallest absolute Gasteiger partial charge is 0.411 e. The van der Waals surface area contributed by atoms with Gasteiger partial charge in [-0.05, 0) is 12.1 Å². The molecule has 0 atom stereocenters. The highest BCUT2D eigenvalue weighted by molar-refractivity contribution is 6.33. The van der Waals surface area contributed by atoms with Crippen LogP contribution >= 0.6 is 11.6 Å². The van der Waals surface area contributed by atoms with Gasteiger partial charge in [-0.15, -0.1) is 0 Å². The highest BCUT2D eigenvalue weighted by atomic mass is 35.5. The molecule has 0 aliphatic carbocycles. The van der Waals surface area contributed by atoms with Crippen LogP contribution in [0, 0.1) is 0 Å². The van der Waals surface area contributed by atoms with E-state index in [0.29, 0.717) is 17.0 Å². The maximum atomic E-state index is 11.2. The number of carbonyl (C=O) groups excluding carboxylic acids is 1. The van der Waals surface area contributed by atoms with E-state index in [9.17, 15) is 14.7 Å². The Balaban J connectivity index is 2.01. The zero-order chi connectivity index (χ0) is 17.3. The number of carboxylic acid groups (broad SMARTS) is 1. The molecule has 2 aromatic heterocycles. The molecule has 7 nitrogen and oxygen atoms in total. The Bertz CT molecular complexity index is 934. The van der Waals surface area contributed by atoms with E-state index >= 15 is 0 Å². The largest absolute Gasteiger partial charge is 0.478 e. The van der Waals surface area contributed by atoms with Gasteiger partial charge < -0.3 is 9.84 Å². The molecule has 0 aliphatic rings. The fourth-order valence-electron chi connectivity index (χ4n) is 2.26. The lowest BCUT2D eigenvalue weighted by Crippen LogP contribution is -2.10. The lowest BCUT2D eigenvalue weighted by molar-refractivity contribution is 0.0696. The normalized spacial score (nSPS) is 10.6. The van der Waals surface area contributed by atoms with Crippen LogP contribution in [0.1, 0.15) is 10.4 Å². The molecule has 0 unspecified atom stereocenters. The molecule has 0 bridgehead atoms. The van der Waals surface area contributed by atoms with E-state index in [1.165, 1.54) is 19.4 Å². The van der Waals surface area contributed by atoms with E-state index < -0.39 is 12.1 Å². The number of carboxylic acids is 1. The molecule has 2 N–H and O–H groups in total. The number of methoxy groups -OCH3 is 1. The fourth-order valence-corrected chi connectivity index (χ4v) is 2.49. The number of rotatable bonds is 3. The summed E-state index contributed by atoms with van der Waals surface area (Å²) < 4.78 is 6.18. The van der Waals surface area contributed by atoms with Crippen molar-refractivity contribution >= 4 is 35.0 Å². The van der Waals surface area contributed by atoms with Crippen molar-refractivity contribution in [2.75, 3.05) is 12.4 Å². The summed E-state index contributed by atoms with van der Waals surface area (Å²) in [4.78, 5) is 26.7. The molecule has 8 heteroatoms. The number of hydrogen-bond acceptors (Lipinski definition) is 4. The average molecular weight is 346 g/mol. The molecule has 0 saturated carbocycles. The Kier molecular flexibility index (Phi) is 4.09. The van der Waals surface area contributed by atoms with E-state index in [1.54, 1.807) is 34.9 Å². The number of amides is 1. The molecule has 2 heterocycles. The number of carbonyl (C=O) groups is 2. The molecule has 1 amide bonds. The molecule has 122 valence electrons. The van der Waals surface area contributed by atoms with Crippen molar-refractivity contribution in [2.45, 2.75) is 0 Å². The number of benzene rings is 1. The Morgan fingerprint density at radius 1 is 1.29 bits per heavy atom. The monoisotopic (exact) mass is 345 g/mol. The number of nitrogens with one attached hydrogen (secondary N) is 1. The molecular formula is C16H12ClN3O4. The standard InChI is InChI=1S/C16H12ClN3O4/c1-24-16(23)19-10-4-2-9(3-5-10)13-7-18-14-6-12(17)11(15(21)22)8-20(13)14/h2-8H,1H3,(H,19,23)(H,21,22). The number of aromatic nitrogens is 2. The summed E-state index contributed by atoms with van der Waals surface area (Å²) in [7, 11) is 1.29. The van der Waals surface area contributed by atoms with Crippen LogP contribution in [0.5, 0.6) is 0 Å². The highest BCUT2D eigenvalue weighted by Gasteiger charge is 2.14. The van der Waals surface area contributed by atoms with Crippen molar-refractivity contribution in [2.24, 2.45) is 0 Å². The minimum absolute atomic E-state index is 0.00704. The summed E-state index contributed by atoms with van der Waals surface area (Å²) in [6.07, 6.45) is 2.50. The highest BCUT2D eigenvalue weighted by Crippen LogP contribution is 2.26. The van der Waals surface area contributed by atoms with Crippen molar-refractivity contribution < 1.29 is 19.4 Å². The minimum atomic E-state index is -1.11. The van der Waals surface area contributed by atoms with Crippen LogP contribution in [0.3, 0.4) is 0 Å². The number of nitrogens with zero attached hydrogens (tertiary/aromatic N) is 2. The zero-order valence-corrected chi connectivity index (χ0v) is 13.2. The van der Waals surface area contributed by atoms with Crippen molar-refractivity contribution in [3.63, 3.8) is 0 Å². The van der Waals surface area contributed by atoms with Crippen LogP contribution in [-0.2, 0) is 4.74 Å². The van der Waals surface area contributed by atoms with Crippen molar-refractivity contribution in [1.29, 1.82) is 0 Å². The predicted octanol–water partition coefficient (Wildman–Crippen LogP) is 3.53. The third-order valence-corrected chi connectivity index (χ3v) is 3.75. The Hall–Kier alpha value is -3.06. The maximum absolute atomic E-state index is 11.2. The lowest BCUT2D eigenvalue weighted by atomic mass is 10.1. The second-order valence-electron chi connectivity index (χ2n) is 4.91. The maximum Gasteiger partial charge on any atom is 0.411 e. The van der Waals surface area contributed by atoms with E-state index in [0.717, 1.165) is 5.56 Å². The first-order valence-electron chi connectivity index (χ1n) is 6.85. The quantitative estimate of drug-likeness (QED) is 0.757. The first-order chi connectivity index (χ1) is 11.5. The molecule has 0 radical (unpaired) electrons. The fraction of sp³-hybridized carbons (Fsp3) is 0.0625. The lowest BCUT2D eigenvalue weighted by Gasteiger charge is -2.07. The second kappa shape index (κ2) is 6.21.